The van der Waals surface area contributed by atoms with Crippen LogP contribution in [0.2, 0.25) is 0 Å². The molecule has 6 rings (SSSR count). The summed E-state index contributed by atoms with van der Waals surface area (Å²) in [6.07, 6.45) is 7.78. The number of piperidine rings is 1. The Morgan fingerprint density at radius 1 is 1.33 bits per heavy atom. The molecule has 3 saturated carbocycles. The topological polar surface area (TPSA) is 79.4 Å². The Morgan fingerprint density at radius 3 is 3.00 bits per heavy atom. The number of hydrogen-bond donors (Lipinski definition) is 1. The van der Waals surface area contributed by atoms with Gasteiger partial charge in [-0.3, -0.25) is 24.8 Å². The van der Waals surface area contributed by atoms with Crippen molar-refractivity contribution >= 4 is 17.7 Å². The summed E-state index contributed by atoms with van der Waals surface area (Å²) in [5.74, 6) is 0.0477. The number of aromatic nitrogens is 1. The van der Waals surface area contributed by atoms with Gasteiger partial charge in [-0.15, -0.1) is 0 Å². The van der Waals surface area contributed by atoms with E-state index in [1.165, 1.54) is 6.20 Å². The summed E-state index contributed by atoms with van der Waals surface area (Å²) in [5.41, 5.74) is 1.97. The van der Waals surface area contributed by atoms with Crippen molar-refractivity contribution in [1.82, 2.24) is 15.4 Å². The molecule has 6 heteroatoms. The first-order chi connectivity index (χ1) is 11.6. The highest BCUT2D eigenvalue weighted by molar-refractivity contribution is 6.15. The van der Waals surface area contributed by atoms with Crippen LogP contribution in [0.15, 0.2) is 36.5 Å². The third kappa shape index (κ3) is 1.06. The molecular formula is C18H15N3O3. The third-order valence-electron chi connectivity index (χ3n) is 7.08. The second kappa shape index (κ2) is 3.61. The van der Waals surface area contributed by atoms with E-state index in [1.807, 2.05) is 0 Å². The molecule has 1 aromatic heterocycles. The van der Waals surface area contributed by atoms with Gasteiger partial charge in [-0.2, -0.15) is 5.01 Å². The van der Waals surface area contributed by atoms with E-state index in [1.54, 1.807) is 18.2 Å². The summed E-state index contributed by atoms with van der Waals surface area (Å²) >= 11 is 0. The maximum atomic E-state index is 13.1. The van der Waals surface area contributed by atoms with Crippen molar-refractivity contribution in [2.75, 3.05) is 0 Å². The first-order valence-corrected chi connectivity index (χ1v) is 8.41. The molecule has 6 atom stereocenters. The molecule has 1 aromatic rings. The fraction of sp³-hybridized carbons (Fsp3) is 0.444. The van der Waals surface area contributed by atoms with Crippen LogP contribution in [-0.2, 0) is 9.59 Å². The van der Waals surface area contributed by atoms with Crippen molar-refractivity contribution in [2.24, 2.45) is 34.5 Å². The first-order valence-electron chi connectivity index (χ1n) is 8.41. The van der Waals surface area contributed by atoms with E-state index >= 15 is 0 Å². The smallest absolute Gasteiger partial charge is 0.272 e. The lowest BCUT2D eigenvalue weighted by Gasteiger charge is -2.30. The Labute approximate surface area is 137 Å². The molecule has 4 unspecified atom stereocenters. The summed E-state index contributed by atoms with van der Waals surface area (Å²) < 4.78 is 0. The summed E-state index contributed by atoms with van der Waals surface area (Å²) in [4.78, 5) is 42.3. The lowest BCUT2D eigenvalue weighted by atomic mass is 9.77. The number of allylic oxidation sites excluding steroid dienone is 2. The predicted octanol–water partition coefficient (Wildman–Crippen LogP) is 0.924. The molecule has 4 fully saturated rings. The summed E-state index contributed by atoms with van der Waals surface area (Å²) in [6.45, 7) is 0. The lowest BCUT2D eigenvalue weighted by molar-refractivity contribution is -0.148. The Hall–Kier alpha value is -2.50. The Kier molecular flexibility index (Phi) is 1.93. The minimum atomic E-state index is -0.566. The van der Waals surface area contributed by atoms with Crippen LogP contribution in [0, 0.1) is 34.5 Å². The van der Waals surface area contributed by atoms with Gasteiger partial charge in [0.25, 0.3) is 17.7 Å². The molecule has 1 N–H and O–H groups in total. The zero-order valence-electron chi connectivity index (χ0n) is 12.8. The molecule has 2 bridgehead atoms. The van der Waals surface area contributed by atoms with Crippen LogP contribution in [-0.4, -0.2) is 27.7 Å². The SMILES string of the molecule is O=C(NN1C(=O)[C@H]2C34CC=CC(C5CC53)[C@@]24C1=O)c1ccccn1. The number of rotatable bonds is 2. The van der Waals surface area contributed by atoms with E-state index in [2.05, 4.69) is 22.6 Å². The number of nitrogens with one attached hydrogen (secondary N) is 1. The first kappa shape index (κ1) is 12.9. The molecule has 1 spiro atoms. The summed E-state index contributed by atoms with van der Waals surface area (Å²) in [5, 5.41) is 0.969. The number of carbonyl (C=O) groups excluding carboxylic acids is 3. The highest BCUT2D eigenvalue weighted by Gasteiger charge is 2.98. The second-order valence-electron chi connectivity index (χ2n) is 7.64. The van der Waals surface area contributed by atoms with Crippen LogP contribution in [0.25, 0.3) is 0 Å². The number of amides is 3. The van der Waals surface area contributed by atoms with Crippen molar-refractivity contribution in [2.45, 2.75) is 12.8 Å². The fourth-order valence-corrected chi connectivity index (χ4v) is 6.35. The van der Waals surface area contributed by atoms with E-state index in [4.69, 9.17) is 0 Å². The van der Waals surface area contributed by atoms with Crippen LogP contribution in [0.1, 0.15) is 23.3 Å². The third-order valence-corrected chi connectivity index (χ3v) is 7.08. The lowest BCUT2D eigenvalue weighted by Crippen LogP contribution is -2.51. The largest absolute Gasteiger partial charge is 0.288 e. The van der Waals surface area contributed by atoms with Crippen molar-refractivity contribution < 1.29 is 14.4 Å². The molecule has 120 valence electrons. The van der Waals surface area contributed by atoms with E-state index < -0.39 is 11.3 Å². The molecule has 0 aromatic carbocycles. The maximum Gasteiger partial charge on any atom is 0.288 e. The monoisotopic (exact) mass is 321 g/mol. The average Bonchev–Trinajstić information content (AvgIpc) is 3.47. The van der Waals surface area contributed by atoms with Gasteiger partial charge in [-0.05, 0) is 42.7 Å². The molecule has 3 amide bonds. The normalized spacial score (nSPS) is 45.6. The van der Waals surface area contributed by atoms with E-state index in [-0.39, 0.29) is 34.8 Å². The van der Waals surface area contributed by atoms with Crippen molar-refractivity contribution in [3.8, 4) is 0 Å². The zero-order valence-corrected chi connectivity index (χ0v) is 12.8. The van der Waals surface area contributed by atoms with Crippen LogP contribution in [0.5, 0.6) is 0 Å². The van der Waals surface area contributed by atoms with Gasteiger partial charge in [0.2, 0.25) is 0 Å². The average molecular weight is 321 g/mol. The van der Waals surface area contributed by atoms with Crippen molar-refractivity contribution in [3.05, 3.63) is 42.2 Å². The zero-order chi connectivity index (χ0) is 16.3. The predicted molar refractivity (Wildman–Crippen MR) is 80.8 cm³/mol. The molecular weight excluding hydrogens is 306 g/mol. The number of nitrogens with zero attached hydrogens (tertiary/aromatic N) is 2. The van der Waals surface area contributed by atoms with Crippen LogP contribution in [0.4, 0.5) is 0 Å². The molecule has 2 heterocycles. The summed E-state index contributed by atoms with van der Waals surface area (Å²) in [7, 11) is 0. The molecule has 0 radical (unpaired) electrons. The van der Waals surface area contributed by atoms with Gasteiger partial charge in [0.05, 0.1) is 11.3 Å². The van der Waals surface area contributed by atoms with Crippen LogP contribution >= 0.6 is 0 Å². The van der Waals surface area contributed by atoms with Gasteiger partial charge < -0.3 is 0 Å². The molecule has 1 aliphatic heterocycles. The number of hydrazine groups is 1. The van der Waals surface area contributed by atoms with Crippen LogP contribution < -0.4 is 5.43 Å². The minimum absolute atomic E-state index is 0.141. The highest BCUT2D eigenvalue weighted by atomic mass is 16.2. The maximum absolute atomic E-state index is 13.1. The summed E-state index contributed by atoms with van der Waals surface area (Å²) in [6, 6.07) is 4.96. The minimum Gasteiger partial charge on any atom is -0.272 e. The number of fused-ring (bicyclic) bond motifs is 2. The fourth-order valence-electron chi connectivity index (χ4n) is 6.35. The number of carbonyl (C=O) groups is 3. The standard InChI is InChI=1S/C18H15N3O3/c22-14(12-5-1-2-7-19-12)20-21-15(23)13-17-6-3-4-10(9-8-11(9)17)18(13,17)16(21)24/h1-5,7,9-11,13H,6,8H2,(H,20,22)/t9?,10?,11?,13-,17?,18-/m0/s1. The molecule has 6 nitrogen and oxygen atoms in total. The molecule has 24 heavy (non-hydrogen) atoms. The molecule has 4 aliphatic carbocycles. The van der Waals surface area contributed by atoms with Crippen molar-refractivity contribution in [3.63, 3.8) is 0 Å². The van der Waals surface area contributed by atoms with Gasteiger partial charge in [0.1, 0.15) is 5.69 Å². The van der Waals surface area contributed by atoms with Crippen molar-refractivity contribution in [1.29, 1.82) is 0 Å². The van der Waals surface area contributed by atoms with Gasteiger partial charge in [-0.1, -0.05) is 18.2 Å². The van der Waals surface area contributed by atoms with Gasteiger partial charge in [-0.25, -0.2) is 0 Å². The van der Waals surface area contributed by atoms with Crippen LogP contribution in [0.3, 0.4) is 0 Å². The van der Waals surface area contributed by atoms with Gasteiger partial charge in [0, 0.05) is 11.6 Å². The Balaban J connectivity index is 1.34. The van der Waals surface area contributed by atoms with Gasteiger partial charge >= 0.3 is 0 Å². The molecule has 5 aliphatic rings. The Morgan fingerprint density at radius 2 is 2.21 bits per heavy atom. The quantitative estimate of drug-likeness (QED) is 0.649. The highest BCUT2D eigenvalue weighted by Crippen LogP contribution is 2.94. The van der Waals surface area contributed by atoms with E-state index in [0.717, 1.165) is 17.9 Å². The second-order valence-corrected chi connectivity index (χ2v) is 7.64. The number of hydrogen-bond acceptors (Lipinski definition) is 4. The van der Waals surface area contributed by atoms with Gasteiger partial charge in [0.15, 0.2) is 0 Å². The number of pyridine rings is 1. The van der Waals surface area contributed by atoms with E-state index in [0.29, 0.717) is 11.8 Å². The Bertz CT molecular complexity index is 866. The van der Waals surface area contributed by atoms with E-state index in [9.17, 15) is 14.4 Å². The molecule has 1 saturated heterocycles. The number of imide groups is 1.